The minimum absolute atomic E-state index is 0.241. The van der Waals surface area contributed by atoms with Gasteiger partial charge in [0.25, 0.3) is 5.91 Å². The standard InChI is InChI=1S/C22H29N5O2/c1-3-27(22(23)29)20-13-19(25-16-9-5-4-6-10-16)18(14-24-20)21(28)26-17-11-7-8-15(2)12-17/h7-8,11-14,16H,3-6,9-10H2,1-2H3,(H2,23,29)(H,24,25)(H,26,28). The van der Waals surface area contributed by atoms with Crippen molar-refractivity contribution >= 4 is 29.1 Å². The molecule has 3 amide bonds. The van der Waals surface area contributed by atoms with Gasteiger partial charge >= 0.3 is 6.03 Å². The Bertz CT molecular complexity index is 877. The molecule has 0 bridgehead atoms. The molecule has 0 aliphatic heterocycles. The number of nitrogens with zero attached hydrogens (tertiary/aromatic N) is 2. The highest BCUT2D eigenvalue weighted by molar-refractivity contribution is 6.08. The Morgan fingerprint density at radius 2 is 1.97 bits per heavy atom. The number of primary amides is 1. The van der Waals surface area contributed by atoms with Crippen LogP contribution in [-0.2, 0) is 0 Å². The number of rotatable bonds is 6. The van der Waals surface area contributed by atoms with Crippen molar-refractivity contribution in [2.24, 2.45) is 5.73 Å². The summed E-state index contributed by atoms with van der Waals surface area (Å²) in [5.41, 5.74) is 8.39. The van der Waals surface area contributed by atoms with Crippen molar-refractivity contribution in [2.45, 2.75) is 52.0 Å². The molecule has 3 rings (SSSR count). The second-order valence-corrected chi connectivity index (χ2v) is 7.47. The van der Waals surface area contributed by atoms with Gasteiger partial charge < -0.3 is 16.4 Å². The van der Waals surface area contributed by atoms with Crippen LogP contribution in [0.5, 0.6) is 0 Å². The lowest BCUT2D eigenvalue weighted by atomic mass is 9.95. The summed E-state index contributed by atoms with van der Waals surface area (Å²) in [5, 5.41) is 6.44. The van der Waals surface area contributed by atoms with E-state index in [9.17, 15) is 9.59 Å². The molecule has 7 nitrogen and oxygen atoms in total. The van der Waals surface area contributed by atoms with Gasteiger partial charge in [-0.25, -0.2) is 9.78 Å². The van der Waals surface area contributed by atoms with Gasteiger partial charge in [-0.3, -0.25) is 9.69 Å². The minimum Gasteiger partial charge on any atom is -0.382 e. The highest BCUT2D eigenvalue weighted by Crippen LogP contribution is 2.27. The molecular weight excluding hydrogens is 366 g/mol. The summed E-state index contributed by atoms with van der Waals surface area (Å²) in [6.07, 6.45) is 7.21. The van der Waals surface area contributed by atoms with E-state index < -0.39 is 6.03 Å². The summed E-state index contributed by atoms with van der Waals surface area (Å²) in [7, 11) is 0. The third kappa shape index (κ3) is 5.25. The normalized spacial score (nSPS) is 14.3. The summed E-state index contributed by atoms with van der Waals surface area (Å²) >= 11 is 0. The van der Waals surface area contributed by atoms with Gasteiger partial charge in [-0.2, -0.15) is 0 Å². The number of carbonyl (C=O) groups excluding carboxylic acids is 2. The summed E-state index contributed by atoms with van der Waals surface area (Å²) in [5.74, 6) is 0.195. The van der Waals surface area contributed by atoms with Crippen molar-refractivity contribution < 1.29 is 9.59 Å². The van der Waals surface area contributed by atoms with E-state index in [1.54, 1.807) is 6.07 Å². The molecule has 29 heavy (non-hydrogen) atoms. The number of nitrogens with one attached hydrogen (secondary N) is 2. The molecule has 0 unspecified atom stereocenters. The van der Waals surface area contributed by atoms with Crippen LogP contribution in [-0.4, -0.2) is 29.5 Å². The van der Waals surface area contributed by atoms with E-state index in [1.807, 2.05) is 38.1 Å². The average Bonchev–Trinajstić information content (AvgIpc) is 2.69. The zero-order valence-corrected chi connectivity index (χ0v) is 17.1. The van der Waals surface area contributed by atoms with Crippen molar-refractivity contribution in [1.29, 1.82) is 0 Å². The maximum Gasteiger partial charge on any atom is 0.320 e. The molecule has 1 aliphatic rings. The number of carbonyl (C=O) groups is 2. The molecule has 0 atom stereocenters. The number of benzene rings is 1. The molecule has 0 spiro atoms. The zero-order chi connectivity index (χ0) is 20.8. The van der Waals surface area contributed by atoms with E-state index >= 15 is 0 Å². The van der Waals surface area contributed by atoms with Crippen LogP contribution in [0.2, 0.25) is 0 Å². The minimum atomic E-state index is -0.569. The van der Waals surface area contributed by atoms with E-state index in [2.05, 4.69) is 15.6 Å². The first-order valence-corrected chi connectivity index (χ1v) is 10.2. The fourth-order valence-electron chi connectivity index (χ4n) is 3.71. The first-order valence-electron chi connectivity index (χ1n) is 10.2. The van der Waals surface area contributed by atoms with Crippen LogP contribution >= 0.6 is 0 Å². The van der Waals surface area contributed by atoms with Gasteiger partial charge in [0.05, 0.1) is 11.3 Å². The van der Waals surface area contributed by atoms with Crippen LogP contribution in [0.4, 0.5) is 22.0 Å². The number of aromatic nitrogens is 1. The third-order valence-electron chi connectivity index (χ3n) is 5.23. The lowest BCUT2D eigenvalue weighted by molar-refractivity contribution is 0.102. The number of urea groups is 1. The largest absolute Gasteiger partial charge is 0.382 e. The molecule has 7 heteroatoms. The average molecular weight is 396 g/mol. The number of hydrogen-bond donors (Lipinski definition) is 3. The van der Waals surface area contributed by atoms with Gasteiger partial charge in [0.2, 0.25) is 0 Å². The summed E-state index contributed by atoms with van der Waals surface area (Å²) < 4.78 is 0. The second kappa shape index (κ2) is 9.41. The molecule has 1 fully saturated rings. The maximum atomic E-state index is 13.0. The molecule has 0 saturated heterocycles. The molecule has 0 radical (unpaired) electrons. The Morgan fingerprint density at radius 3 is 2.62 bits per heavy atom. The molecule has 1 aromatic carbocycles. The first-order chi connectivity index (χ1) is 14.0. The number of amides is 3. The molecule has 4 N–H and O–H groups in total. The van der Waals surface area contributed by atoms with Crippen molar-refractivity contribution in [3.05, 3.63) is 47.7 Å². The molecule has 1 heterocycles. The Kier molecular flexibility index (Phi) is 6.69. The molecule has 154 valence electrons. The van der Waals surface area contributed by atoms with Gasteiger partial charge in [-0.05, 0) is 44.4 Å². The summed E-state index contributed by atoms with van der Waals surface area (Å²) in [6, 6.07) is 9.12. The van der Waals surface area contributed by atoms with Crippen molar-refractivity contribution in [3.63, 3.8) is 0 Å². The van der Waals surface area contributed by atoms with E-state index in [-0.39, 0.29) is 5.91 Å². The lowest BCUT2D eigenvalue weighted by Crippen LogP contribution is -2.36. The number of nitrogens with two attached hydrogens (primary N) is 1. The Balaban J connectivity index is 1.90. The molecular formula is C22H29N5O2. The highest BCUT2D eigenvalue weighted by Gasteiger charge is 2.21. The van der Waals surface area contributed by atoms with Crippen LogP contribution in [0.3, 0.4) is 0 Å². The number of hydrogen-bond acceptors (Lipinski definition) is 4. The molecule has 1 aliphatic carbocycles. The van der Waals surface area contributed by atoms with E-state index in [4.69, 9.17) is 5.73 Å². The van der Waals surface area contributed by atoms with E-state index in [0.717, 1.165) is 24.1 Å². The number of anilines is 3. The topological polar surface area (TPSA) is 100 Å². The van der Waals surface area contributed by atoms with Gasteiger partial charge in [-0.15, -0.1) is 0 Å². The Hall–Kier alpha value is -3.09. The van der Waals surface area contributed by atoms with Crippen LogP contribution in [0.1, 0.15) is 54.9 Å². The van der Waals surface area contributed by atoms with Crippen LogP contribution in [0.15, 0.2) is 36.5 Å². The quantitative estimate of drug-likeness (QED) is 0.679. The fraction of sp³-hybridized carbons (Fsp3) is 0.409. The summed E-state index contributed by atoms with van der Waals surface area (Å²) in [6.45, 7) is 4.21. The predicted octanol–water partition coefficient (Wildman–Crippen LogP) is 4.29. The van der Waals surface area contributed by atoms with Gasteiger partial charge in [0, 0.05) is 30.5 Å². The first kappa shape index (κ1) is 20.6. The van der Waals surface area contributed by atoms with E-state index in [1.165, 1.54) is 30.4 Å². The zero-order valence-electron chi connectivity index (χ0n) is 17.1. The van der Waals surface area contributed by atoms with Crippen LogP contribution in [0.25, 0.3) is 0 Å². The maximum absolute atomic E-state index is 13.0. The lowest BCUT2D eigenvalue weighted by Gasteiger charge is -2.26. The smallest absolute Gasteiger partial charge is 0.320 e. The highest BCUT2D eigenvalue weighted by atomic mass is 16.2. The molecule has 1 saturated carbocycles. The number of pyridine rings is 1. The van der Waals surface area contributed by atoms with Crippen molar-refractivity contribution in [3.8, 4) is 0 Å². The van der Waals surface area contributed by atoms with Crippen LogP contribution < -0.4 is 21.3 Å². The molecule has 2 aromatic rings. The SMILES string of the molecule is CCN(C(N)=O)c1cc(NC2CCCCC2)c(C(=O)Nc2cccc(C)c2)cn1. The number of aryl methyl sites for hydroxylation is 1. The Labute approximate surface area is 171 Å². The van der Waals surface area contributed by atoms with Gasteiger partial charge in [0.1, 0.15) is 5.82 Å². The van der Waals surface area contributed by atoms with E-state index in [0.29, 0.717) is 29.7 Å². The van der Waals surface area contributed by atoms with Gasteiger partial charge in [0.15, 0.2) is 0 Å². The monoisotopic (exact) mass is 395 g/mol. The third-order valence-corrected chi connectivity index (χ3v) is 5.23. The fourth-order valence-corrected chi connectivity index (χ4v) is 3.71. The van der Waals surface area contributed by atoms with Crippen molar-refractivity contribution in [2.75, 3.05) is 22.1 Å². The Morgan fingerprint density at radius 1 is 1.21 bits per heavy atom. The van der Waals surface area contributed by atoms with Crippen LogP contribution in [0, 0.1) is 6.92 Å². The van der Waals surface area contributed by atoms with Gasteiger partial charge in [-0.1, -0.05) is 31.4 Å². The predicted molar refractivity (Wildman–Crippen MR) is 116 cm³/mol. The van der Waals surface area contributed by atoms with Crippen molar-refractivity contribution in [1.82, 2.24) is 4.98 Å². The summed E-state index contributed by atoms with van der Waals surface area (Å²) in [4.78, 5) is 30.4. The molecule has 1 aromatic heterocycles. The second-order valence-electron chi connectivity index (χ2n) is 7.47.